The SMILES string of the molecule is CCNC(=NCC(c1ccccc1)N(CC)CC)NCC(O)c1ccncc1.I. The van der Waals surface area contributed by atoms with Crippen molar-refractivity contribution >= 4 is 29.9 Å². The molecule has 1 aromatic heterocycles. The van der Waals surface area contributed by atoms with E-state index in [1.807, 2.05) is 25.1 Å². The second-order valence-electron chi connectivity index (χ2n) is 6.54. The van der Waals surface area contributed by atoms with E-state index in [1.165, 1.54) is 5.56 Å². The van der Waals surface area contributed by atoms with Crippen molar-refractivity contribution in [3.63, 3.8) is 0 Å². The number of halogens is 1. The second kappa shape index (κ2) is 14.3. The molecule has 0 spiro atoms. The van der Waals surface area contributed by atoms with Crippen LogP contribution in [0.15, 0.2) is 59.9 Å². The standard InChI is InChI=1S/C22H33N5O.HI/c1-4-24-22(26-17-21(28)19-12-14-23-15-13-19)25-16-20(27(5-2)6-3)18-10-8-7-9-11-18;/h7-15,20-21,28H,4-6,16-17H2,1-3H3,(H2,24,25,26);1H. The van der Waals surface area contributed by atoms with Crippen molar-refractivity contribution < 1.29 is 5.11 Å². The van der Waals surface area contributed by atoms with Crippen LogP contribution in [0.25, 0.3) is 0 Å². The molecule has 1 aromatic carbocycles. The summed E-state index contributed by atoms with van der Waals surface area (Å²) in [6.45, 7) is 10.1. The number of benzene rings is 1. The van der Waals surface area contributed by atoms with E-state index in [2.05, 4.69) is 58.6 Å². The summed E-state index contributed by atoms with van der Waals surface area (Å²) in [5.74, 6) is 0.712. The zero-order chi connectivity index (χ0) is 20.2. The maximum absolute atomic E-state index is 10.4. The Balaban J connectivity index is 0.00000420. The summed E-state index contributed by atoms with van der Waals surface area (Å²) in [5.41, 5.74) is 2.10. The van der Waals surface area contributed by atoms with Crippen LogP contribution in [0.5, 0.6) is 0 Å². The summed E-state index contributed by atoms with van der Waals surface area (Å²) in [4.78, 5) is 11.2. The fourth-order valence-corrected chi connectivity index (χ4v) is 3.19. The number of hydrogen-bond donors (Lipinski definition) is 3. The highest BCUT2D eigenvalue weighted by atomic mass is 127. The van der Waals surface area contributed by atoms with Crippen LogP contribution in [0.2, 0.25) is 0 Å². The largest absolute Gasteiger partial charge is 0.387 e. The Hall–Kier alpha value is -1.71. The molecule has 7 heteroatoms. The molecule has 0 aliphatic carbocycles. The van der Waals surface area contributed by atoms with Crippen molar-refractivity contribution in [2.75, 3.05) is 32.7 Å². The molecule has 160 valence electrons. The first kappa shape index (κ1) is 25.3. The average Bonchev–Trinajstić information content (AvgIpc) is 2.75. The first-order chi connectivity index (χ1) is 13.7. The predicted octanol–water partition coefficient (Wildman–Crippen LogP) is 3.37. The van der Waals surface area contributed by atoms with Crippen molar-refractivity contribution in [2.24, 2.45) is 4.99 Å². The number of guanidine groups is 1. The molecule has 2 atom stereocenters. The van der Waals surface area contributed by atoms with Gasteiger partial charge in [0.25, 0.3) is 0 Å². The maximum Gasteiger partial charge on any atom is 0.191 e. The fraction of sp³-hybridized carbons (Fsp3) is 0.455. The van der Waals surface area contributed by atoms with E-state index in [0.717, 1.165) is 25.2 Å². The minimum Gasteiger partial charge on any atom is -0.387 e. The number of aliphatic hydroxyl groups is 1. The molecule has 0 saturated carbocycles. The number of aromatic nitrogens is 1. The van der Waals surface area contributed by atoms with E-state index in [4.69, 9.17) is 4.99 Å². The molecule has 0 saturated heterocycles. The third kappa shape index (κ3) is 8.28. The highest BCUT2D eigenvalue weighted by Crippen LogP contribution is 2.20. The molecule has 0 bridgehead atoms. The number of nitrogens with zero attached hydrogens (tertiary/aromatic N) is 3. The van der Waals surface area contributed by atoms with Gasteiger partial charge in [-0.15, -0.1) is 24.0 Å². The lowest BCUT2D eigenvalue weighted by molar-refractivity contribution is 0.180. The highest BCUT2D eigenvalue weighted by Gasteiger charge is 2.18. The maximum atomic E-state index is 10.4. The number of rotatable bonds is 10. The van der Waals surface area contributed by atoms with Crippen LogP contribution in [0.1, 0.15) is 44.0 Å². The molecule has 3 N–H and O–H groups in total. The predicted molar refractivity (Wildman–Crippen MR) is 131 cm³/mol. The Bertz CT molecular complexity index is 695. The lowest BCUT2D eigenvalue weighted by Gasteiger charge is -2.29. The average molecular weight is 511 g/mol. The number of pyridine rings is 1. The molecule has 0 fully saturated rings. The van der Waals surface area contributed by atoms with Crippen molar-refractivity contribution in [1.29, 1.82) is 0 Å². The third-order valence-electron chi connectivity index (χ3n) is 4.76. The van der Waals surface area contributed by atoms with Gasteiger partial charge in [0.2, 0.25) is 0 Å². The second-order valence-corrected chi connectivity index (χ2v) is 6.54. The summed E-state index contributed by atoms with van der Waals surface area (Å²) >= 11 is 0. The summed E-state index contributed by atoms with van der Waals surface area (Å²) in [7, 11) is 0. The summed E-state index contributed by atoms with van der Waals surface area (Å²) < 4.78 is 0. The molecule has 2 rings (SSSR count). The van der Waals surface area contributed by atoms with Crippen LogP contribution in [0.3, 0.4) is 0 Å². The Kier molecular flexibility index (Phi) is 12.5. The van der Waals surface area contributed by atoms with Crippen molar-refractivity contribution in [3.8, 4) is 0 Å². The van der Waals surface area contributed by atoms with E-state index in [9.17, 15) is 5.11 Å². The van der Waals surface area contributed by atoms with Gasteiger partial charge < -0.3 is 15.7 Å². The monoisotopic (exact) mass is 511 g/mol. The fourth-order valence-electron chi connectivity index (χ4n) is 3.19. The van der Waals surface area contributed by atoms with E-state index >= 15 is 0 Å². The topological polar surface area (TPSA) is 72.8 Å². The van der Waals surface area contributed by atoms with E-state index in [-0.39, 0.29) is 30.0 Å². The molecule has 6 nitrogen and oxygen atoms in total. The van der Waals surface area contributed by atoms with E-state index in [1.54, 1.807) is 12.4 Å². The van der Waals surface area contributed by atoms with Crippen molar-refractivity contribution in [1.82, 2.24) is 20.5 Å². The quantitative estimate of drug-likeness (QED) is 0.259. The summed E-state index contributed by atoms with van der Waals surface area (Å²) in [6, 6.07) is 14.4. The van der Waals surface area contributed by atoms with Gasteiger partial charge in [-0.05, 0) is 43.3 Å². The normalized spacial score (nSPS) is 13.5. The van der Waals surface area contributed by atoms with Crippen LogP contribution in [-0.2, 0) is 0 Å². The van der Waals surface area contributed by atoms with Crippen LogP contribution in [0, 0.1) is 0 Å². The number of likely N-dealkylation sites (N-methyl/N-ethyl adjacent to an activating group) is 1. The van der Waals surface area contributed by atoms with Crippen LogP contribution < -0.4 is 10.6 Å². The van der Waals surface area contributed by atoms with E-state index < -0.39 is 6.10 Å². The molecular weight excluding hydrogens is 477 g/mol. The van der Waals surface area contributed by atoms with Crippen LogP contribution in [-0.4, -0.2) is 53.7 Å². The molecule has 1 heterocycles. The van der Waals surface area contributed by atoms with Gasteiger partial charge in [-0.2, -0.15) is 0 Å². The van der Waals surface area contributed by atoms with Gasteiger partial charge in [0.05, 0.1) is 18.7 Å². The van der Waals surface area contributed by atoms with Gasteiger partial charge in [0.1, 0.15) is 0 Å². The van der Waals surface area contributed by atoms with Crippen LogP contribution in [0.4, 0.5) is 0 Å². The van der Waals surface area contributed by atoms with Crippen LogP contribution >= 0.6 is 24.0 Å². The minimum absolute atomic E-state index is 0. The van der Waals surface area contributed by atoms with Gasteiger partial charge in [0, 0.05) is 25.5 Å². The smallest absolute Gasteiger partial charge is 0.191 e. The van der Waals surface area contributed by atoms with Gasteiger partial charge in [0.15, 0.2) is 5.96 Å². The third-order valence-corrected chi connectivity index (χ3v) is 4.76. The van der Waals surface area contributed by atoms with Gasteiger partial charge >= 0.3 is 0 Å². The lowest BCUT2D eigenvalue weighted by atomic mass is 10.1. The number of hydrogen-bond acceptors (Lipinski definition) is 4. The van der Waals surface area contributed by atoms with Gasteiger partial charge in [-0.3, -0.25) is 14.9 Å². The molecular formula is C22H34IN5O. The van der Waals surface area contributed by atoms with Gasteiger partial charge in [-0.25, -0.2) is 0 Å². The lowest BCUT2D eigenvalue weighted by Crippen LogP contribution is -2.40. The zero-order valence-electron chi connectivity index (χ0n) is 17.6. The number of aliphatic imine (C=N–C) groups is 1. The number of aliphatic hydroxyl groups excluding tert-OH is 1. The molecule has 29 heavy (non-hydrogen) atoms. The Labute approximate surface area is 191 Å². The molecule has 0 amide bonds. The van der Waals surface area contributed by atoms with Gasteiger partial charge in [-0.1, -0.05) is 44.2 Å². The molecule has 2 unspecified atom stereocenters. The van der Waals surface area contributed by atoms with E-state index in [0.29, 0.717) is 19.0 Å². The summed E-state index contributed by atoms with van der Waals surface area (Å²) in [5, 5.41) is 16.9. The minimum atomic E-state index is -0.612. The number of nitrogens with one attached hydrogen (secondary N) is 2. The highest BCUT2D eigenvalue weighted by molar-refractivity contribution is 14.0. The Morgan fingerprint density at radius 2 is 1.66 bits per heavy atom. The Morgan fingerprint density at radius 3 is 2.24 bits per heavy atom. The van der Waals surface area contributed by atoms with Crippen molar-refractivity contribution in [2.45, 2.75) is 32.9 Å². The zero-order valence-corrected chi connectivity index (χ0v) is 19.9. The first-order valence-electron chi connectivity index (χ1n) is 10.1. The molecule has 0 radical (unpaired) electrons. The Morgan fingerprint density at radius 1 is 1.00 bits per heavy atom. The first-order valence-corrected chi connectivity index (χ1v) is 10.1. The molecule has 2 aromatic rings. The van der Waals surface area contributed by atoms with Crippen molar-refractivity contribution in [3.05, 3.63) is 66.0 Å². The molecule has 0 aliphatic rings. The summed E-state index contributed by atoms with van der Waals surface area (Å²) in [6.07, 6.45) is 2.76. The molecule has 0 aliphatic heterocycles.